The van der Waals surface area contributed by atoms with E-state index in [9.17, 15) is 9.59 Å². The Morgan fingerprint density at radius 2 is 1.98 bits per heavy atom. The molecule has 0 spiro atoms. The number of thiophene rings is 1. The molecule has 0 aliphatic carbocycles. The van der Waals surface area contributed by atoms with Crippen LogP contribution in [0, 0.1) is 0 Å². The van der Waals surface area contributed by atoms with Gasteiger partial charge in [-0.25, -0.2) is 19.5 Å². The van der Waals surface area contributed by atoms with Crippen molar-refractivity contribution in [2.45, 2.75) is 32.9 Å². The van der Waals surface area contributed by atoms with Crippen LogP contribution in [0.1, 0.15) is 41.8 Å². The Morgan fingerprint density at radius 1 is 1.14 bits per heavy atom. The summed E-state index contributed by atoms with van der Waals surface area (Å²) in [6.45, 7) is 9.74. The Hall–Kier alpha value is -4.62. The van der Waals surface area contributed by atoms with Crippen LogP contribution in [0.5, 0.6) is 0 Å². The summed E-state index contributed by atoms with van der Waals surface area (Å²) in [7, 11) is 0. The molecule has 1 aliphatic rings. The molecule has 0 radical (unpaired) electrons. The third-order valence-corrected chi connectivity index (χ3v) is 8.55. The number of likely N-dealkylation sites (N-methyl/N-ethyl adjacent to an activating group) is 1. The standard InChI is InChI=1S/C30H33N9O3S/c1-4-37(5-2)19(3)15-32-28(40)20-13-24(22-16-33-39-10-8-23(36-27(22)39)25-7-6-12-43-25)35-26(14-20)38-17-21(18-38)34-29(41)30-31-9-11-42-30/h6-14,16,19,21H,4-5,15,17-18H2,1-3H3,(H,32,40)(H,34,41). The van der Waals surface area contributed by atoms with Crippen molar-refractivity contribution in [3.05, 3.63) is 72.0 Å². The number of pyridine rings is 1. The van der Waals surface area contributed by atoms with Gasteiger partial charge in [-0.2, -0.15) is 5.10 Å². The second-order valence-electron chi connectivity index (χ2n) is 10.4. The summed E-state index contributed by atoms with van der Waals surface area (Å²) in [5.41, 5.74) is 3.30. The third kappa shape index (κ3) is 5.99. The minimum atomic E-state index is -0.363. The fraction of sp³-hybridized carbons (Fsp3) is 0.333. The van der Waals surface area contributed by atoms with Crippen molar-refractivity contribution >= 4 is 34.6 Å². The number of nitrogens with zero attached hydrogens (tertiary/aromatic N) is 7. The summed E-state index contributed by atoms with van der Waals surface area (Å²) in [6.07, 6.45) is 6.41. The maximum absolute atomic E-state index is 13.5. The predicted octanol–water partition coefficient (Wildman–Crippen LogP) is 3.59. The molecule has 1 saturated heterocycles. The van der Waals surface area contributed by atoms with Gasteiger partial charge < -0.3 is 20.0 Å². The van der Waals surface area contributed by atoms with Gasteiger partial charge in [0.2, 0.25) is 0 Å². The first-order valence-electron chi connectivity index (χ1n) is 14.3. The molecular weight excluding hydrogens is 566 g/mol. The number of oxazole rings is 1. The number of amides is 2. The maximum atomic E-state index is 13.5. The monoisotopic (exact) mass is 599 g/mol. The van der Waals surface area contributed by atoms with Gasteiger partial charge in [0.25, 0.3) is 11.8 Å². The van der Waals surface area contributed by atoms with Crippen LogP contribution >= 0.6 is 11.3 Å². The normalized spacial score (nSPS) is 14.2. The molecular formula is C30H33N9O3S. The zero-order valence-corrected chi connectivity index (χ0v) is 25.0. The second-order valence-corrected chi connectivity index (χ2v) is 11.4. The number of hydrogen-bond donors (Lipinski definition) is 2. The van der Waals surface area contributed by atoms with E-state index in [1.54, 1.807) is 34.2 Å². The van der Waals surface area contributed by atoms with E-state index in [-0.39, 0.29) is 29.8 Å². The first-order valence-corrected chi connectivity index (χ1v) is 15.2. The molecule has 6 rings (SSSR count). The summed E-state index contributed by atoms with van der Waals surface area (Å²) in [5.74, 6) is 0.119. The number of hydrogen-bond acceptors (Lipinski definition) is 10. The summed E-state index contributed by atoms with van der Waals surface area (Å²) < 4.78 is 6.81. The molecule has 1 atom stereocenters. The van der Waals surface area contributed by atoms with Crippen LogP contribution in [0.25, 0.3) is 27.5 Å². The topological polar surface area (TPSA) is 134 Å². The Balaban J connectivity index is 1.29. The minimum Gasteiger partial charge on any atom is -0.441 e. The molecule has 12 nitrogen and oxygen atoms in total. The van der Waals surface area contributed by atoms with E-state index in [0.717, 1.165) is 29.2 Å². The number of rotatable bonds is 11. The van der Waals surface area contributed by atoms with Gasteiger partial charge in [0, 0.05) is 37.4 Å². The SMILES string of the molecule is CCN(CC)C(C)CNC(=O)c1cc(-c2cnn3ccc(-c4cccs4)nc23)nc(N2CC(NC(=O)c3ncco3)C2)c1. The van der Waals surface area contributed by atoms with Crippen molar-refractivity contribution < 1.29 is 14.0 Å². The van der Waals surface area contributed by atoms with Gasteiger partial charge in [-0.1, -0.05) is 19.9 Å². The van der Waals surface area contributed by atoms with Gasteiger partial charge in [-0.15, -0.1) is 11.3 Å². The molecule has 5 aromatic rings. The molecule has 2 amide bonds. The molecule has 1 fully saturated rings. The predicted molar refractivity (Wildman–Crippen MR) is 164 cm³/mol. The van der Waals surface area contributed by atoms with Crippen LogP contribution in [0.3, 0.4) is 0 Å². The summed E-state index contributed by atoms with van der Waals surface area (Å²) >= 11 is 1.62. The number of carbonyl (C=O) groups excluding carboxylic acids is 2. The van der Waals surface area contributed by atoms with Crippen molar-refractivity contribution in [3.8, 4) is 21.8 Å². The number of carbonyl (C=O) groups is 2. The van der Waals surface area contributed by atoms with Crippen LogP contribution in [-0.2, 0) is 0 Å². The minimum absolute atomic E-state index is 0.0268. The van der Waals surface area contributed by atoms with Crippen LogP contribution in [0.4, 0.5) is 5.82 Å². The first kappa shape index (κ1) is 28.5. The highest BCUT2D eigenvalue weighted by molar-refractivity contribution is 7.13. The number of fused-ring (bicyclic) bond motifs is 1. The summed E-state index contributed by atoms with van der Waals surface area (Å²) in [4.78, 5) is 45.0. The van der Waals surface area contributed by atoms with Crippen molar-refractivity contribution in [1.29, 1.82) is 0 Å². The van der Waals surface area contributed by atoms with Crippen molar-refractivity contribution in [1.82, 2.24) is 40.1 Å². The maximum Gasteiger partial charge on any atom is 0.307 e. The van der Waals surface area contributed by atoms with E-state index < -0.39 is 0 Å². The lowest BCUT2D eigenvalue weighted by Gasteiger charge is -2.40. The molecule has 1 aliphatic heterocycles. The molecule has 222 valence electrons. The molecule has 0 saturated carbocycles. The van der Waals surface area contributed by atoms with Crippen LogP contribution in [0.15, 0.2) is 65.0 Å². The van der Waals surface area contributed by atoms with E-state index in [0.29, 0.717) is 42.4 Å². The lowest BCUT2D eigenvalue weighted by atomic mass is 10.1. The largest absolute Gasteiger partial charge is 0.441 e. The van der Waals surface area contributed by atoms with E-state index >= 15 is 0 Å². The molecule has 0 aromatic carbocycles. The Morgan fingerprint density at radius 3 is 2.70 bits per heavy atom. The molecule has 6 heterocycles. The van der Waals surface area contributed by atoms with Crippen molar-refractivity contribution in [2.24, 2.45) is 0 Å². The van der Waals surface area contributed by atoms with E-state index in [1.807, 2.05) is 34.7 Å². The van der Waals surface area contributed by atoms with Crippen molar-refractivity contribution in [2.75, 3.05) is 37.6 Å². The Labute approximate surface area is 252 Å². The van der Waals surface area contributed by atoms with Gasteiger partial charge in [-0.05, 0) is 49.7 Å². The summed E-state index contributed by atoms with van der Waals surface area (Å²) in [5, 5.41) is 12.5. The fourth-order valence-electron chi connectivity index (χ4n) is 5.22. The van der Waals surface area contributed by atoms with Gasteiger partial charge in [0.1, 0.15) is 12.1 Å². The summed E-state index contributed by atoms with van der Waals surface area (Å²) in [6, 6.07) is 9.63. The smallest absolute Gasteiger partial charge is 0.307 e. The van der Waals surface area contributed by atoms with Crippen LogP contribution < -0.4 is 15.5 Å². The van der Waals surface area contributed by atoms with Gasteiger partial charge in [0.15, 0.2) is 5.65 Å². The Kier molecular flexibility index (Phi) is 8.16. The van der Waals surface area contributed by atoms with Gasteiger partial charge in [-0.3, -0.25) is 14.5 Å². The third-order valence-electron chi connectivity index (χ3n) is 7.65. The van der Waals surface area contributed by atoms with Crippen LogP contribution in [-0.4, -0.2) is 86.1 Å². The quantitative estimate of drug-likeness (QED) is 0.234. The zero-order chi connectivity index (χ0) is 29.9. The lowest BCUT2D eigenvalue weighted by Crippen LogP contribution is -2.59. The average Bonchev–Trinajstić information content (AvgIpc) is 3.80. The molecule has 2 N–H and O–H groups in total. The van der Waals surface area contributed by atoms with E-state index in [1.165, 1.54) is 12.5 Å². The van der Waals surface area contributed by atoms with Gasteiger partial charge in [0.05, 0.1) is 40.3 Å². The Bertz CT molecular complexity index is 1710. The van der Waals surface area contributed by atoms with Crippen molar-refractivity contribution in [3.63, 3.8) is 0 Å². The first-order chi connectivity index (χ1) is 20.9. The highest BCUT2D eigenvalue weighted by atomic mass is 32.1. The lowest BCUT2D eigenvalue weighted by molar-refractivity contribution is 0.0894. The average molecular weight is 600 g/mol. The fourth-order valence-corrected chi connectivity index (χ4v) is 5.91. The van der Waals surface area contributed by atoms with Crippen LogP contribution in [0.2, 0.25) is 0 Å². The molecule has 43 heavy (non-hydrogen) atoms. The number of anilines is 1. The molecule has 1 unspecified atom stereocenters. The van der Waals surface area contributed by atoms with Gasteiger partial charge >= 0.3 is 5.91 Å². The molecule has 0 bridgehead atoms. The molecule has 5 aromatic heterocycles. The highest BCUT2D eigenvalue weighted by Crippen LogP contribution is 2.30. The number of aromatic nitrogens is 5. The zero-order valence-electron chi connectivity index (χ0n) is 24.2. The molecule has 13 heteroatoms. The van der Waals surface area contributed by atoms with E-state index in [4.69, 9.17) is 14.4 Å². The van der Waals surface area contributed by atoms with E-state index in [2.05, 4.69) is 46.4 Å². The highest BCUT2D eigenvalue weighted by Gasteiger charge is 2.31. The number of nitrogens with one attached hydrogen (secondary N) is 2. The second kappa shape index (κ2) is 12.3.